The Morgan fingerprint density at radius 1 is 1.22 bits per heavy atom. The summed E-state index contributed by atoms with van der Waals surface area (Å²) < 4.78 is 0. The lowest BCUT2D eigenvalue weighted by Crippen LogP contribution is -2.35. The average molecular weight is 249 g/mol. The quantitative estimate of drug-likeness (QED) is 0.762. The monoisotopic (exact) mass is 249 g/mol. The number of ketones is 1. The van der Waals surface area contributed by atoms with Crippen LogP contribution < -0.4 is 0 Å². The van der Waals surface area contributed by atoms with Gasteiger partial charge in [0.2, 0.25) is 0 Å². The van der Waals surface area contributed by atoms with Gasteiger partial charge in [0.1, 0.15) is 5.78 Å². The molecule has 0 unspecified atom stereocenters. The van der Waals surface area contributed by atoms with Crippen LogP contribution in [-0.4, -0.2) is 29.8 Å². The van der Waals surface area contributed by atoms with Crippen molar-refractivity contribution in [2.24, 2.45) is 17.3 Å². The fourth-order valence-electron chi connectivity index (χ4n) is 4.80. The molecule has 3 rings (SSSR count). The van der Waals surface area contributed by atoms with Gasteiger partial charge in [0.15, 0.2) is 0 Å². The Morgan fingerprint density at radius 2 is 1.94 bits per heavy atom. The Morgan fingerprint density at radius 3 is 2.56 bits per heavy atom. The van der Waals surface area contributed by atoms with Gasteiger partial charge in [-0.1, -0.05) is 39.5 Å². The number of hydrogen-bond donors (Lipinski definition) is 0. The molecule has 0 aromatic heterocycles. The normalized spacial score (nSPS) is 40.8. The highest BCUT2D eigenvalue weighted by Crippen LogP contribution is 2.65. The third-order valence-electron chi connectivity index (χ3n) is 5.91. The van der Waals surface area contributed by atoms with Crippen LogP contribution in [0, 0.1) is 17.3 Å². The molecule has 3 atom stereocenters. The van der Waals surface area contributed by atoms with Gasteiger partial charge >= 0.3 is 0 Å². The topological polar surface area (TPSA) is 20.3 Å². The zero-order chi connectivity index (χ0) is 12.8. The van der Waals surface area contributed by atoms with Crippen LogP contribution in [0.25, 0.3) is 0 Å². The van der Waals surface area contributed by atoms with Crippen LogP contribution in [0.5, 0.6) is 0 Å². The van der Waals surface area contributed by atoms with Gasteiger partial charge in [-0.2, -0.15) is 0 Å². The van der Waals surface area contributed by atoms with E-state index in [1.807, 2.05) is 6.92 Å². The van der Waals surface area contributed by atoms with Gasteiger partial charge < -0.3 is 0 Å². The number of nitrogens with zero attached hydrogens (tertiary/aromatic N) is 1. The second kappa shape index (κ2) is 4.63. The number of likely N-dealkylation sites (tertiary alicyclic amines) is 1. The molecule has 2 aliphatic carbocycles. The molecule has 0 radical (unpaired) electrons. The van der Waals surface area contributed by atoms with Crippen molar-refractivity contribution in [3.8, 4) is 0 Å². The maximum atomic E-state index is 12.1. The van der Waals surface area contributed by atoms with Crippen molar-refractivity contribution in [2.75, 3.05) is 13.1 Å². The summed E-state index contributed by atoms with van der Waals surface area (Å²) in [4.78, 5) is 14.5. The van der Waals surface area contributed by atoms with Gasteiger partial charge in [0.25, 0.3) is 0 Å². The SMILES string of the molecule is CCC(=O)[C@@H]1C[C@]2(C[C@H]2C2CCCC2)CN1CC. The zero-order valence-corrected chi connectivity index (χ0v) is 12.0. The highest BCUT2D eigenvalue weighted by molar-refractivity contribution is 5.84. The Balaban J connectivity index is 1.68. The molecule has 3 fully saturated rings. The number of likely N-dealkylation sites (N-methyl/N-ethyl adjacent to an activating group) is 1. The van der Waals surface area contributed by atoms with Gasteiger partial charge in [0.05, 0.1) is 6.04 Å². The lowest BCUT2D eigenvalue weighted by atomic mass is 9.90. The Kier molecular flexibility index (Phi) is 3.25. The third-order valence-corrected chi connectivity index (χ3v) is 5.91. The predicted octanol–water partition coefficient (Wildman–Crippen LogP) is 3.26. The minimum absolute atomic E-state index is 0.256. The fourth-order valence-corrected chi connectivity index (χ4v) is 4.80. The van der Waals surface area contributed by atoms with E-state index >= 15 is 0 Å². The van der Waals surface area contributed by atoms with E-state index in [0.717, 1.165) is 18.4 Å². The lowest BCUT2D eigenvalue weighted by molar-refractivity contribution is -0.123. The first-order valence-corrected chi connectivity index (χ1v) is 7.97. The van der Waals surface area contributed by atoms with Crippen LogP contribution in [0.4, 0.5) is 0 Å². The highest BCUT2D eigenvalue weighted by Gasteiger charge is 2.62. The molecule has 2 nitrogen and oxygen atoms in total. The molecule has 102 valence electrons. The second-order valence-electron chi connectivity index (χ2n) is 6.82. The number of carbonyl (C=O) groups is 1. The van der Waals surface area contributed by atoms with Crippen molar-refractivity contribution < 1.29 is 4.79 Å². The molecule has 1 spiro atoms. The summed E-state index contributed by atoms with van der Waals surface area (Å²) in [5.74, 6) is 2.44. The van der Waals surface area contributed by atoms with E-state index in [1.165, 1.54) is 45.1 Å². The van der Waals surface area contributed by atoms with Gasteiger partial charge in [0, 0.05) is 13.0 Å². The minimum Gasteiger partial charge on any atom is -0.298 e. The van der Waals surface area contributed by atoms with E-state index in [4.69, 9.17) is 0 Å². The van der Waals surface area contributed by atoms with Crippen LogP contribution >= 0.6 is 0 Å². The summed E-state index contributed by atoms with van der Waals surface area (Å²) in [5.41, 5.74) is 0.556. The zero-order valence-electron chi connectivity index (χ0n) is 12.0. The molecule has 0 aromatic carbocycles. The fraction of sp³-hybridized carbons (Fsp3) is 0.938. The van der Waals surface area contributed by atoms with E-state index in [0.29, 0.717) is 17.6 Å². The van der Waals surface area contributed by atoms with Crippen molar-refractivity contribution in [1.82, 2.24) is 4.90 Å². The number of Topliss-reactive ketones (excluding diaryl/α,β-unsaturated/α-hetero) is 1. The molecule has 1 saturated heterocycles. The first kappa shape index (κ1) is 12.7. The molecule has 0 N–H and O–H groups in total. The number of rotatable bonds is 4. The molecule has 18 heavy (non-hydrogen) atoms. The molecule has 1 heterocycles. The van der Waals surface area contributed by atoms with Crippen molar-refractivity contribution in [2.45, 2.75) is 64.8 Å². The van der Waals surface area contributed by atoms with Crippen molar-refractivity contribution in [3.63, 3.8) is 0 Å². The van der Waals surface area contributed by atoms with Crippen LogP contribution in [0.3, 0.4) is 0 Å². The highest BCUT2D eigenvalue weighted by atomic mass is 16.1. The van der Waals surface area contributed by atoms with Crippen LogP contribution in [0.15, 0.2) is 0 Å². The Hall–Kier alpha value is -0.370. The summed E-state index contributed by atoms with van der Waals surface area (Å²) in [5, 5.41) is 0. The van der Waals surface area contributed by atoms with Crippen LogP contribution in [-0.2, 0) is 4.79 Å². The summed E-state index contributed by atoms with van der Waals surface area (Å²) in [6, 6.07) is 0.256. The number of carbonyl (C=O) groups excluding carboxylic acids is 1. The smallest absolute Gasteiger partial charge is 0.149 e. The minimum atomic E-state index is 0.256. The third kappa shape index (κ3) is 1.93. The molecule has 1 aliphatic heterocycles. The van der Waals surface area contributed by atoms with Crippen LogP contribution in [0.2, 0.25) is 0 Å². The summed E-state index contributed by atoms with van der Waals surface area (Å²) in [6.45, 7) is 6.49. The van der Waals surface area contributed by atoms with Gasteiger partial charge in [-0.05, 0) is 36.6 Å². The largest absolute Gasteiger partial charge is 0.298 e. The van der Waals surface area contributed by atoms with Crippen molar-refractivity contribution in [1.29, 1.82) is 0 Å². The average Bonchev–Trinajstić information content (AvgIpc) is 2.80. The van der Waals surface area contributed by atoms with E-state index < -0.39 is 0 Å². The molecular weight excluding hydrogens is 222 g/mol. The maximum Gasteiger partial charge on any atom is 0.149 e. The first-order chi connectivity index (χ1) is 8.70. The van der Waals surface area contributed by atoms with E-state index in [2.05, 4.69) is 11.8 Å². The van der Waals surface area contributed by atoms with Gasteiger partial charge in [-0.15, -0.1) is 0 Å². The van der Waals surface area contributed by atoms with Gasteiger partial charge in [-0.25, -0.2) is 0 Å². The molecule has 3 aliphatic rings. The van der Waals surface area contributed by atoms with Gasteiger partial charge in [-0.3, -0.25) is 9.69 Å². The van der Waals surface area contributed by atoms with Crippen molar-refractivity contribution >= 4 is 5.78 Å². The molecule has 2 saturated carbocycles. The standard InChI is InChI=1S/C16H27NO/c1-3-15(18)14-10-16(11-17(14)4-2)9-13(16)12-7-5-6-8-12/h12-14H,3-11H2,1-2H3/t13-,14-,16+/m0/s1. The summed E-state index contributed by atoms with van der Waals surface area (Å²) >= 11 is 0. The molecule has 0 aromatic rings. The van der Waals surface area contributed by atoms with Crippen LogP contribution in [0.1, 0.15) is 58.8 Å². The molecule has 0 amide bonds. The first-order valence-electron chi connectivity index (χ1n) is 7.97. The predicted molar refractivity (Wildman–Crippen MR) is 73.4 cm³/mol. The molecule has 2 heteroatoms. The maximum absolute atomic E-state index is 12.1. The summed E-state index contributed by atoms with van der Waals surface area (Å²) in [6.07, 6.45) is 9.13. The summed E-state index contributed by atoms with van der Waals surface area (Å²) in [7, 11) is 0. The lowest BCUT2D eigenvalue weighted by Gasteiger charge is -2.20. The van der Waals surface area contributed by atoms with E-state index in [9.17, 15) is 4.79 Å². The van der Waals surface area contributed by atoms with E-state index in [1.54, 1.807) is 0 Å². The Labute approximate surface area is 111 Å². The second-order valence-corrected chi connectivity index (χ2v) is 6.82. The molecular formula is C16H27NO. The Bertz CT molecular complexity index is 334. The molecule has 0 bridgehead atoms. The van der Waals surface area contributed by atoms with E-state index in [-0.39, 0.29) is 6.04 Å². The number of hydrogen-bond acceptors (Lipinski definition) is 2. The van der Waals surface area contributed by atoms with Crippen molar-refractivity contribution in [3.05, 3.63) is 0 Å².